The predicted octanol–water partition coefficient (Wildman–Crippen LogP) is 1.57. The van der Waals surface area contributed by atoms with Gasteiger partial charge in [0.15, 0.2) is 13.1 Å². The van der Waals surface area contributed by atoms with Gasteiger partial charge < -0.3 is 19.5 Å². The molecule has 0 amide bonds. The number of hydrogen-bond acceptors (Lipinski definition) is 8. The molecule has 4 rings (SSSR count). The van der Waals surface area contributed by atoms with Crippen molar-refractivity contribution in [1.82, 2.24) is 9.55 Å². The van der Waals surface area contributed by atoms with Gasteiger partial charge in [0.1, 0.15) is 12.0 Å². The Labute approximate surface area is 167 Å². The van der Waals surface area contributed by atoms with Gasteiger partial charge in [0, 0.05) is 23.7 Å². The average Bonchev–Trinajstić information content (AvgIpc) is 3.12. The minimum Gasteiger partial charge on any atom is -0.426 e. The molecule has 3 unspecified atom stereocenters. The number of nitrogens with one attached hydrogen (secondary N) is 1. The number of aryl methyl sites for hydroxylation is 2. The van der Waals surface area contributed by atoms with Crippen LogP contribution in [0.25, 0.3) is 0 Å². The summed E-state index contributed by atoms with van der Waals surface area (Å²) in [4.78, 5) is 24.7. The second-order valence-electron chi connectivity index (χ2n) is 6.56. The van der Waals surface area contributed by atoms with E-state index < -0.39 is 32.4 Å². The van der Waals surface area contributed by atoms with Gasteiger partial charge in [-0.15, -0.1) is 0 Å². The molecule has 0 bridgehead atoms. The highest BCUT2D eigenvalue weighted by atomic mass is 31.2. The molecule has 0 spiro atoms. The lowest BCUT2D eigenvalue weighted by molar-refractivity contribution is -0.113. The number of aliphatic hydroxyl groups is 2. The molecule has 11 heteroatoms. The summed E-state index contributed by atoms with van der Waals surface area (Å²) in [6, 6.07) is 5.88. The molecule has 10 nitrogen and oxygen atoms in total. The number of benzene rings is 1. The maximum Gasteiger partial charge on any atom is 0.399 e. The van der Waals surface area contributed by atoms with Crippen LogP contribution in [0.15, 0.2) is 34.0 Å². The molecule has 1 fully saturated rings. The Balaban J connectivity index is 0.000000166. The average molecular weight is 426 g/mol. The molecule has 1 aromatic heterocycles. The van der Waals surface area contributed by atoms with Crippen molar-refractivity contribution < 1.29 is 28.5 Å². The first-order valence-electron chi connectivity index (χ1n) is 8.97. The van der Waals surface area contributed by atoms with Crippen LogP contribution in [0.3, 0.4) is 0 Å². The summed E-state index contributed by atoms with van der Waals surface area (Å²) in [6.45, 7) is 3.72. The van der Waals surface area contributed by atoms with Crippen molar-refractivity contribution in [1.29, 1.82) is 0 Å². The fourth-order valence-electron chi connectivity index (χ4n) is 2.86. The maximum atomic E-state index is 11.4. The van der Waals surface area contributed by atoms with Crippen LogP contribution in [-0.4, -0.2) is 32.8 Å². The van der Waals surface area contributed by atoms with E-state index in [1.54, 1.807) is 6.92 Å². The first-order chi connectivity index (χ1) is 13.9. The number of hydrogen-bond donors (Lipinski definition) is 3. The Morgan fingerprint density at radius 3 is 2.79 bits per heavy atom. The van der Waals surface area contributed by atoms with Crippen LogP contribution in [-0.2, 0) is 20.4 Å². The molecular formula is C18H23N2O8P. The number of rotatable bonds is 3. The summed E-state index contributed by atoms with van der Waals surface area (Å²) >= 11 is 0. The molecule has 2 aliphatic rings. The van der Waals surface area contributed by atoms with Crippen molar-refractivity contribution in [3.8, 4) is 5.75 Å². The Bertz CT molecular complexity index is 960. The van der Waals surface area contributed by atoms with E-state index in [2.05, 4.69) is 4.98 Å². The molecule has 3 atom stereocenters. The van der Waals surface area contributed by atoms with Gasteiger partial charge in [0.25, 0.3) is 5.56 Å². The zero-order chi connectivity index (χ0) is 21.0. The molecule has 3 heterocycles. The third-order valence-electron chi connectivity index (χ3n) is 4.31. The zero-order valence-corrected chi connectivity index (χ0v) is 16.9. The molecule has 1 saturated heterocycles. The van der Waals surface area contributed by atoms with Crippen molar-refractivity contribution in [2.75, 3.05) is 6.79 Å². The summed E-state index contributed by atoms with van der Waals surface area (Å²) in [5.74, 6) is 0.779. The lowest BCUT2D eigenvalue weighted by Crippen LogP contribution is -2.33. The quantitative estimate of drug-likeness (QED) is 0.498. The second-order valence-corrected chi connectivity index (χ2v) is 7.71. The van der Waals surface area contributed by atoms with Crippen molar-refractivity contribution in [2.24, 2.45) is 0 Å². The van der Waals surface area contributed by atoms with Gasteiger partial charge in [-0.1, -0.05) is 17.7 Å². The van der Waals surface area contributed by atoms with Crippen LogP contribution in [0.4, 0.5) is 0 Å². The zero-order valence-electron chi connectivity index (χ0n) is 16.0. The third-order valence-corrected chi connectivity index (χ3v) is 5.32. The Morgan fingerprint density at radius 1 is 1.31 bits per heavy atom. The standard InChI is InChI=1S/C9H12N2O4.C9H11O4P/c1-5-4-11(9(14)10-8(5)13)6-2-3-7(12)15-6;1-7-2-3-9-8(4-7)5-11-14(13-9)12-6-10/h4,6-7,12H,2-3H2,1H3,(H,10,13,14);2-4,10H,5-6H2,1H3. The molecule has 0 aliphatic carbocycles. The topological polar surface area (TPSA) is 132 Å². The number of H-pyrrole nitrogens is 1. The maximum absolute atomic E-state index is 11.4. The smallest absolute Gasteiger partial charge is 0.399 e. The fourth-order valence-corrected chi connectivity index (χ4v) is 3.71. The van der Waals surface area contributed by atoms with Crippen LogP contribution in [0.5, 0.6) is 5.75 Å². The molecule has 0 saturated carbocycles. The molecule has 1 aromatic carbocycles. The molecule has 158 valence electrons. The number of aliphatic hydroxyl groups excluding tert-OH is 2. The number of ether oxygens (including phenoxy) is 1. The predicted molar refractivity (Wildman–Crippen MR) is 103 cm³/mol. The highest BCUT2D eigenvalue weighted by molar-refractivity contribution is 7.42. The summed E-state index contributed by atoms with van der Waals surface area (Å²) in [6.07, 6.45) is 1.20. The minimum atomic E-state index is -1.42. The van der Waals surface area contributed by atoms with Gasteiger partial charge in [0.2, 0.25) is 0 Å². The SMILES string of the molecule is Cc1ccc2c(c1)COP(OCO)O2.Cc1cn(C2CCC(O)O2)c(=O)[nH]c1=O. The normalized spacial score (nSPS) is 23.0. The number of aromatic amines is 1. The van der Waals surface area contributed by atoms with Crippen LogP contribution in [0, 0.1) is 13.8 Å². The molecule has 0 radical (unpaired) electrons. The van der Waals surface area contributed by atoms with Gasteiger partial charge in [-0.05, 0) is 26.3 Å². The first kappa shape index (κ1) is 21.6. The van der Waals surface area contributed by atoms with E-state index in [1.165, 1.54) is 16.3 Å². The van der Waals surface area contributed by atoms with Gasteiger partial charge in [-0.2, -0.15) is 0 Å². The van der Waals surface area contributed by atoms with E-state index >= 15 is 0 Å². The van der Waals surface area contributed by atoms with Crippen molar-refractivity contribution >= 4 is 8.60 Å². The summed E-state index contributed by atoms with van der Waals surface area (Å²) in [7, 11) is -1.42. The van der Waals surface area contributed by atoms with Gasteiger partial charge >= 0.3 is 14.3 Å². The van der Waals surface area contributed by atoms with Gasteiger partial charge in [0.05, 0.1) is 6.61 Å². The molecule has 2 aromatic rings. The highest BCUT2D eigenvalue weighted by Gasteiger charge is 2.25. The van der Waals surface area contributed by atoms with Crippen LogP contribution in [0.2, 0.25) is 0 Å². The Kier molecular flexibility index (Phi) is 7.18. The van der Waals surface area contributed by atoms with Crippen LogP contribution >= 0.6 is 8.60 Å². The van der Waals surface area contributed by atoms with Gasteiger partial charge in [-0.3, -0.25) is 23.4 Å². The highest BCUT2D eigenvalue weighted by Crippen LogP contribution is 2.46. The third kappa shape index (κ3) is 5.51. The second kappa shape index (κ2) is 9.62. The van der Waals surface area contributed by atoms with E-state index in [-0.39, 0.29) is 6.79 Å². The van der Waals surface area contributed by atoms with E-state index in [9.17, 15) is 9.59 Å². The summed E-state index contributed by atoms with van der Waals surface area (Å²) in [5.41, 5.74) is 1.73. The van der Waals surface area contributed by atoms with Gasteiger partial charge in [-0.25, -0.2) is 4.79 Å². The lowest BCUT2D eigenvalue weighted by Gasteiger charge is -2.23. The van der Waals surface area contributed by atoms with Crippen molar-refractivity contribution in [2.45, 2.75) is 45.8 Å². The monoisotopic (exact) mass is 426 g/mol. The summed E-state index contributed by atoms with van der Waals surface area (Å²) < 4.78 is 21.9. The van der Waals surface area contributed by atoms with E-state index in [1.807, 2.05) is 25.1 Å². The van der Waals surface area contributed by atoms with Crippen LogP contribution in [0.1, 0.15) is 35.8 Å². The molecule has 3 N–H and O–H groups in total. The largest absolute Gasteiger partial charge is 0.426 e. The number of aromatic nitrogens is 2. The molecular weight excluding hydrogens is 403 g/mol. The minimum absolute atomic E-state index is 0.382. The Hall–Kier alpha value is -2.07. The molecule has 29 heavy (non-hydrogen) atoms. The van der Waals surface area contributed by atoms with E-state index in [4.69, 9.17) is 28.5 Å². The first-order valence-corrected chi connectivity index (χ1v) is 10.1. The Morgan fingerprint density at radius 2 is 2.10 bits per heavy atom. The number of fused-ring (bicyclic) bond motifs is 1. The molecule has 2 aliphatic heterocycles. The fraction of sp³-hybridized carbons (Fsp3) is 0.444. The van der Waals surface area contributed by atoms with Crippen LogP contribution < -0.4 is 15.8 Å². The lowest BCUT2D eigenvalue weighted by atomic mass is 10.1. The van der Waals surface area contributed by atoms with Crippen molar-refractivity contribution in [3.05, 3.63) is 61.9 Å². The van der Waals surface area contributed by atoms with Crippen molar-refractivity contribution in [3.63, 3.8) is 0 Å². The number of nitrogens with zero attached hydrogens (tertiary/aromatic N) is 1. The summed E-state index contributed by atoms with van der Waals surface area (Å²) in [5, 5.41) is 17.7. The van der Waals surface area contributed by atoms with E-state index in [0.29, 0.717) is 25.0 Å². The van der Waals surface area contributed by atoms with E-state index in [0.717, 1.165) is 11.3 Å².